The van der Waals surface area contributed by atoms with Crippen LogP contribution in [0.25, 0.3) is 0 Å². The number of aryl methyl sites for hydroxylation is 1. The lowest BCUT2D eigenvalue weighted by molar-refractivity contribution is -0.119. The van der Waals surface area contributed by atoms with Gasteiger partial charge < -0.3 is 24.4 Å². The first kappa shape index (κ1) is 24.6. The molecule has 0 spiro atoms. The van der Waals surface area contributed by atoms with Gasteiger partial charge in [0.2, 0.25) is 5.91 Å². The van der Waals surface area contributed by atoms with Crippen LogP contribution in [0.3, 0.4) is 0 Å². The van der Waals surface area contributed by atoms with Crippen molar-refractivity contribution >= 4 is 33.4 Å². The highest BCUT2D eigenvalue weighted by Gasteiger charge is 2.43. The number of ether oxygens (including phenoxy) is 3. The molecule has 0 aromatic heterocycles. The summed E-state index contributed by atoms with van der Waals surface area (Å²) in [6.07, 6.45) is 0. The molecule has 35 heavy (non-hydrogen) atoms. The van der Waals surface area contributed by atoms with Crippen molar-refractivity contribution in [2.45, 2.75) is 18.9 Å². The average molecular weight is 539 g/mol. The second kappa shape index (κ2) is 10.00. The zero-order chi connectivity index (χ0) is 25.3. The summed E-state index contributed by atoms with van der Waals surface area (Å²) < 4.78 is 17.2. The molecular weight excluding hydrogens is 512 g/mol. The molecule has 3 aromatic rings. The minimum atomic E-state index is -0.705. The predicted molar refractivity (Wildman–Crippen MR) is 138 cm³/mol. The first-order valence-corrected chi connectivity index (χ1v) is 11.8. The van der Waals surface area contributed by atoms with Crippen LogP contribution in [0, 0.1) is 6.92 Å². The highest BCUT2D eigenvalue weighted by molar-refractivity contribution is 9.10. The van der Waals surface area contributed by atoms with Crippen molar-refractivity contribution in [1.82, 2.24) is 4.90 Å². The van der Waals surface area contributed by atoms with Crippen LogP contribution in [0.4, 0.5) is 5.69 Å². The van der Waals surface area contributed by atoms with E-state index in [1.54, 1.807) is 31.2 Å². The standard InChI is InChI=1S/C27H27BrN2O5/c1-15-12-17(28)8-11-21(15)29-26(31)24-19-13-22(34-4)23(35-5)14-20(19)27(32)30(2)25(24)16-6-9-18(33-3)10-7-16/h6-14,24-25H,1-5H3,(H,29,31)/t24-,25-/m0/s1. The molecular formula is C27H27BrN2O5. The van der Waals surface area contributed by atoms with E-state index in [1.807, 2.05) is 49.4 Å². The molecule has 2 atom stereocenters. The fourth-order valence-electron chi connectivity index (χ4n) is 4.53. The van der Waals surface area contributed by atoms with E-state index in [0.717, 1.165) is 15.6 Å². The first-order chi connectivity index (χ1) is 16.8. The number of anilines is 1. The molecule has 1 aliphatic heterocycles. The second-order valence-corrected chi connectivity index (χ2v) is 9.27. The van der Waals surface area contributed by atoms with Crippen LogP contribution in [-0.2, 0) is 4.79 Å². The van der Waals surface area contributed by atoms with Gasteiger partial charge in [-0.25, -0.2) is 0 Å². The maximum atomic E-state index is 13.9. The average Bonchev–Trinajstić information content (AvgIpc) is 2.86. The van der Waals surface area contributed by atoms with Gasteiger partial charge >= 0.3 is 0 Å². The van der Waals surface area contributed by atoms with Crippen LogP contribution in [0.2, 0.25) is 0 Å². The van der Waals surface area contributed by atoms with Crippen LogP contribution in [0.5, 0.6) is 17.2 Å². The zero-order valence-corrected chi connectivity index (χ0v) is 21.8. The largest absolute Gasteiger partial charge is 0.497 e. The molecule has 0 aliphatic carbocycles. The number of halogens is 1. The molecule has 0 radical (unpaired) electrons. The summed E-state index contributed by atoms with van der Waals surface area (Å²) in [6.45, 7) is 1.93. The lowest BCUT2D eigenvalue weighted by Gasteiger charge is -2.40. The molecule has 0 fully saturated rings. The number of benzene rings is 3. The number of hydrogen-bond donors (Lipinski definition) is 1. The Kier molecular flexibility index (Phi) is 7.03. The van der Waals surface area contributed by atoms with Crippen LogP contribution in [-0.4, -0.2) is 45.1 Å². The highest BCUT2D eigenvalue weighted by atomic mass is 79.9. The molecule has 0 saturated heterocycles. The van der Waals surface area contributed by atoms with Gasteiger partial charge in [-0.15, -0.1) is 0 Å². The summed E-state index contributed by atoms with van der Waals surface area (Å²) in [5, 5.41) is 3.08. The number of amides is 2. The summed E-state index contributed by atoms with van der Waals surface area (Å²) in [6, 6.07) is 15.9. The number of carbonyl (C=O) groups excluding carboxylic acids is 2. The maximum absolute atomic E-state index is 13.9. The van der Waals surface area contributed by atoms with Crippen molar-refractivity contribution in [2.24, 2.45) is 0 Å². The van der Waals surface area contributed by atoms with Crippen LogP contribution in [0.1, 0.15) is 39.0 Å². The summed E-state index contributed by atoms with van der Waals surface area (Å²) in [4.78, 5) is 29.0. The van der Waals surface area contributed by atoms with Gasteiger partial charge in [-0.3, -0.25) is 9.59 Å². The van der Waals surface area contributed by atoms with E-state index >= 15 is 0 Å². The number of nitrogens with zero attached hydrogens (tertiary/aromatic N) is 1. The lowest BCUT2D eigenvalue weighted by atomic mass is 9.79. The van der Waals surface area contributed by atoms with Gasteiger partial charge in [-0.2, -0.15) is 0 Å². The topological polar surface area (TPSA) is 77.1 Å². The van der Waals surface area contributed by atoms with Gasteiger partial charge in [-0.05, 0) is 66.1 Å². The van der Waals surface area contributed by atoms with E-state index in [2.05, 4.69) is 21.2 Å². The van der Waals surface area contributed by atoms with Crippen molar-refractivity contribution in [2.75, 3.05) is 33.7 Å². The van der Waals surface area contributed by atoms with Gasteiger partial charge in [0, 0.05) is 22.8 Å². The first-order valence-electron chi connectivity index (χ1n) is 11.0. The van der Waals surface area contributed by atoms with Crippen LogP contribution >= 0.6 is 15.9 Å². The highest BCUT2D eigenvalue weighted by Crippen LogP contribution is 2.46. The van der Waals surface area contributed by atoms with E-state index in [1.165, 1.54) is 14.2 Å². The molecule has 8 heteroatoms. The van der Waals surface area contributed by atoms with Gasteiger partial charge in [-0.1, -0.05) is 28.1 Å². The number of likely N-dealkylation sites (N-methyl/N-ethyl adjacent to an activating group) is 1. The maximum Gasteiger partial charge on any atom is 0.254 e. The normalized spacial score (nSPS) is 17.0. The van der Waals surface area contributed by atoms with Gasteiger partial charge in [0.1, 0.15) is 5.75 Å². The van der Waals surface area contributed by atoms with Crippen molar-refractivity contribution < 1.29 is 23.8 Å². The predicted octanol–water partition coefficient (Wildman–Crippen LogP) is 5.33. The number of carbonyl (C=O) groups is 2. The Bertz CT molecular complexity index is 1280. The Labute approximate surface area is 213 Å². The number of nitrogens with one attached hydrogen (secondary N) is 1. The number of rotatable bonds is 6. The van der Waals surface area contributed by atoms with E-state index in [0.29, 0.717) is 34.1 Å². The monoisotopic (exact) mass is 538 g/mol. The lowest BCUT2D eigenvalue weighted by Crippen LogP contribution is -2.44. The van der Waals surface area contributed by atoms with E-state index in [4.69, 9.17) is 14.2 Å². The van der Waals surface area contributed by atoms with Crippen molar-refractivity contribution in [3.05, 3.63) is 81.3 Å². The third-order valence-corrected chi connectivity index (χ3v) is 6.85. The Morgan fingerprint density at radius 2 is 1.60 bits per heavy atom. The molecule has 1 heterocycles. The Balaban J connectivity index is 1.87. The quantitative estimate of drug-likeness (QED) is 0.458. The molecule has 0 bridgehead atoms. The molecule has 3 aromatic carbocycles. The number of hydrogen-bond acceptors (Lipinski definition) is 5. The minimum absolute atomic E-state index is 0.203. The third-order valence-electron chi connectivity index (χ3n) is 6.36. The summed E-state index contributed by atoms with van der Waals surface area (Å²) >= 11 is 3.46. The molecule has 2 amide bonds. The Hall–Kier alpha value is -3.52. The number of methoxy groups -OCH3 is 3. The van der Waals surface area contributed by atoms with E-state index in [9.17, 15) is 9.59 Å². The fourth-order valence-corrected chi connectivity index (χ4v) is 5.00. The summed E-state index contributed by atoms with van der Waals surface area (Å²) in [7, 11) is 6.35. The van der Waals surface area contributed by atoms with Gasteiger partial charge in [0.05, 0.1) is 33.3 Å². The van der Waals surface area contributed by atoms with E-state index in [-0.39, 0.29) is 11.8 Å². The van der Waals surface area contributed by atoms with Crippen molar-refractivity contribution in [3.63, 3.8) is 0 Å². The molecule has 1 N–H and O–H groups in total. The van der Waals surface area contributed by atoms with E-state index < -0.39 is 12.0 Å². The van der Waals surface area contributed by atoms with Crippen molar-refractivity contribution in [1.29, 1.82) is 0 Å². The summed E-state index contributed by atoms with van der Waals surface area (Å²) in [5.74, 6) is 0.434. The van der Waals surface area contributed by atoms with Gasteiger partial charge in [0.15, 0.2) is 11.5 Å². The van der Waals surface area contributed by atoms with Gasteiger partial charge in [0.25, 0.3) is 5.91 Å². The Morgan fingerprint density at radius 1 is 0.943 bits per heavy atom. The van der Waals surface area contributed by atoms with Crippen molar-refractivity contribution in [3.8, 4) is 17.2 Å². The minimum Gasteiger partial charge on any atom is -0.497 e. The molecule has 1 aliphatic rings. The molecule has 182 valence electrons. The molecule has 4 rings (SSSR count). The Morgan fingerprint density at radius 3 is 2.20 bits per heavy atom. The fraction of sp³-hybridized carbons (Fsp3) is 0.259. The zero-order valence-electron chi connectivity index (χ0n) is 20.2. The summed E-state index contributed by atoms with van der Waals surface area (Å²) in [5.41, 5.74) is 3.42. The number of fused-ring (bicyclic) bond motifs is 1. The third kappa shape index (κ3) is 4.58. The smallest absolute Gasteiger partial charge is 0.254 e. The van der Waals surface area contributed by atoms with Crippen LogP contribution < -0.4 is 19.5 Å². The molecule has 0 unspecified atom stereocenters. The van der Waals surface area contributed by atoms with Crippen LogP contribution in [0.15, 0.2) is 59.1 Å². The second-order valence-electron chi connectivity index (χ2n) is 8.35. The molecule has 7 nitrogen and oxygen atoms in total. The SMILES string of the molecule is COc1ccc([C@H]2[C@@H](C(=O)Nc3ccc(Br)cc3C)c3cc(OC)c(OC)cc3C(=O)N2C)cc1. The molecule has 0 saturated carbocycles.